The van der Waals surface area contributed by atoms with Gasteiger partial charge in [-0.25, -0.2) is 12.4 Å². The lowest BCUT2D eigenvalue weighted by Gasteiger charge is -2.01. The standard InChI is InChI=1S/C14H17N5O2S/c1-22(20,21)19-8-11(10-4-2-3-5-12(10)19)13(9-6-7-9)17-18-14(15)16/h2-5,8-9H,6-7H2,1H3,(H4,15,16,18). The molecule has 0 atom stereocenters. The molecule has 22 heavy (non-hydrogen) atoms. The molecule has 4 N–H and O–H groups in total. The highest BCUT2D eigenvalue weighted by atomic mass is 32.2. The van der Waals surface area contributed by atoms with E-state index in [4.69, 9.17) is 11.5 Å². The van der Waals surface area contributed by atoms with E-state index in [0.29, 0.717) is 5.52 Å². The van der Waals surface area contributed by atoms with Crippen LogP contribution in [0.15, 0.2) is 40.7 Å². The van der Waals surface area contributed by atoms with Gasteiger partial charge in [-0.3, -0.25) is 0 Å². The van der Waals surface area contributed by atoms with Gasteiger partial charge in [-0.05, 0) is 18.9 Å². The van der Waals surface area contributed by atoms with Crippen molar-refractivity contribution >= 4 is 32.6 Å². The monoisotopic (exact) mass is 319 g/mol. The summed E-state index contributed by atoms with van der Waals surface area (Å²) in [4.78, 5) is 0. The highest BCUT2D eigenvalue weighted by molar-refractivity contribution is 7.89. The van der Waals surface area contributed by atoms with E-state index in [1.54, 1.807) is 18.3 Å². The van der Waals surface area contributed by atoms with Crippen molar-refractivity contribution in [3.8, 4) is 0 Å². The fourth-order valence-electron chi connectivity index (χ4n) is 2.45. The van der Waals surface area contributed by atoms with Gasteiger partial charge in [-0.1, -0.05) is 18.2 Å². The van der Waals surface area contributed by atoms with Crippen LogP contribution in [0.3, 0.4) is 0 Å². The number of rotatable bonds is 4. The minimum Gasteiger partial charge on any atom is -0.369 e. The maximum Gasteiger partial charge on any atom is 0.236 e. The Hall–Kier alpha value is -2.35. The molecule has 0 bridgehead atoms. The van der Waals surface area contributed by atoms with Gasteiger partial charge in [0.05, 0.1) is 17.5 Å². The molecule has 116 valence electrons. The van der Waals surface area contributed by atoms with Gasteiger partial charge in [-0.15, -0.1) is 5.10 Å². The second-order valence-corrected chi connectivity index (χ2v) is 7.26. The molecule has 0 spiro atoms. The van der Waals surface area contributed by atoms with E-state index in [9.17, 15) is 8.42 Å². The van der Waals surface area contributed by atoms with Crippen molar-refractivity contribution < 1.29 is 8.42 Å². The van der Waals surface area contributed by atoms with Crippen LogP contribution in [0.2, 0.25) is 0 Å². The molecule has 1 heterocycles. The first-order valence-electron chi connectivity index (χ1n) is 6.85. The van der Waals surface area contributed by atoms with Crippen molar-refractivity contribution in [3.05, 3.63) is 36.0 Å². The summed E-state index contributed by atoms with van der Waals surface area (Å²) in [6.07, 6.45) is 4.76. The maximum absolute atomic E-state index is 12.0. The first kappa shape index (κ1) is 14.6. The molecular weight excluding hydrogens is 302 g/mol. The smallest absolute Gasteiger partial charge is 0.236 e. The van der Waals surface area contributed by atoms with Gasteiger partial charge in [0.2, 0.25) is 16.0 Å². The summed E-state index contributed by atoms with van der Waals surface area (Å²) >= 11 is 0. The van der Waals surface area contributed by atoms with E-state index in [-0.39, 0.29) is 11.9 Å². The van der Waals surface area contributed by atoms with Gasteiger partial charge in [0, 0.05) is 23.1 Å². The van der Waals surface area contributed by atoms with Crippen LogP contribution in [0.5, 0.6) is 0 Å². The van der Waals surface area contributed by atoms with Crippen molar-refractivity contribution in [1.29, 1.82) is 0 Å². The number of hydrogen-bond donors (Lipinski definition) is 2. The minimum absolute atomic E-state index is 0.120. The number of hydrogen-bond acceptors (Lipinski definition) is 4. The molecule has 2 aromatic rings. The van der Waals surface area contributed by atoms with Gasteiger partial charge < -0.3 is 11.5 Å². The SMILES string of the molecule is CS(=O)(=O)n1cc(C(=NN=C(N)N)C2CC2)c2ccccc21. The number of fused-ring (bicyclic) bond motifs is 1. The lowest BCUT2D eigenvalue weighted by Crippen LogP contribution is -2.22. The second-order valence-electron chi connectivity index (χ2n) is 5.40. The second kappa shape index (κ2) is 5.13. The van der Waals surface area contributed by atoms with E-state index in [2.05, 4.69) is 10.2 Å². The van der Waals surface area contributed by atoms with Crippen LogP contribution < -0.4 is 11.5 Å². The van der Waals surface area contributed by atoms with Crippen molar-refractivity contribution in [2.24, 2.45) is 27.6 Å². The molecule has 0 amide bonds. The Kier molecular flexibility index (Phi) is 3.40. The first-order chi connectivity index (χ1) is 10.4. The molecule has 1 saturated carbocycles. The molecule has 0 aliphatic heterocycles. The van der Waals surface area contributed by atoms with E-state index in [1.807, 2.05) is 12.1 Å². The van der Waals surface area contributed by atoms with Crippen LogP contribution in [0.25, 0.3) is 10.9 Å². The zero-order valence-electron chi connectivity index (χ0n) is 12.1. The normalized spacial score (nSPS) is 16.0. The number of para-hydroxylation sites is 1. The highest BCUT2D eigenvalue weighted by Gasteiger charge is 2.31. The predicted molar refractivity (Wildman–Crippen MR) is 87.3 cm³/mol. The maximum atomic E-state index is 12.0. The summed E-state index contributed by atoms with van der Waals surface area (Å²) in [5.41, 5.74) is 12.8. The van der Waals surface area contributed by atoms with Crippen LogP contribution in [-0.4, -0.2) is 30.3 Å². The number of aromatic nitrogens is 1. The van der Waals surface area contributed by atoms with Gasteiger partial charge in [0.15, 0.2) is 0 Å². The van der Waals surface area contributed by atoms with Crippen molar-refractivity contribution in [2.75, 3.05) is 6.26 Å². The fourth-order valence-corrected chi connectivity index (χ4v) is 3.27. The average molecular weight is 319 g/mol. The Morgan fingerprint density at radius 2 is 1.91 bits per heavy atom. The highest BCUT2D eigenvalue weighted by Crippen LogP contribution is 2.36. The summed E-state index contributed by atoms with van der Waals surface area (Å²) in [6.45, 7) is 0. The summed E-state index contributed by atoms with van der Waals surface area (Å²) < 4.78 is 25.2. The molecule has 1 aliphatic rings. The molecular formula is C14H17N5O2S. The topological polar surface area (TPSA) is 116 Å². The van der Waals surface area contributed by atoms with Crippen LogP contribution >= 0.6 is 0 Å². The third kappa shape index (κ3) is 2.69. The lowest BCUT2D eigenvalue weighted by atomic mass is 10.1. The molecule has 7 nitrogen and oxygen atoms in total. The number of nitrogens with two attached hydrogens (primary N) is 2. The van der Waals surface area contributed by atoms with Crippen LogP contribution in [0.4, 0.5) is 0 Å². The fraction of sp³-hybridized carbons (Fsp3) is 0.286. The molecule has 0 radical (unpaired) electrons. The number of benzene rings is 1. The summed E-state index contributed by atoms with van der Waals surface area (Å²) in [7, 11) is -3.40. The third-order valence-corrected chi connectivity index (χ3v) is 4.57. The van der Waals surface area contributed by atoms with E-state index < -0.39 is 10.0 Å². The third-order valence-electron chi connectivity index (χ3n) is 3.55. The van der Waals surface area contributed by atoms with E-state index in [1.165, 1.54) is 10.2 Å². The number of nitrogens with zero attached hydrogens (tertiary/aromatic N) is 3. The Bertz CT molecular complexity index is 887. The zero-order chi connectivity index (χ0) is 15.9. The Morgan fingerprint density at radius 1 is 1.23 bits per heavy atom. The Labute approximate surface area is 128 Å². The van der Waals surface area contributed by atoms with Crippen molar-refractivity contribution in [3.63, 3.8) is 0 Å². The first-order valence-corrected chi connectivity index (χ1v) is 8.70. The molecule has 8 heteroatoms. The molecule has 3 rings (SSSR count). The molecule has 1 aromatic heterocycles. The van der Waals surface area contributed by atoms with Crippen LogP contribution in [0, 0.1) is 5.92 Å². The van der Waals surface area contributed by atoms with E-state index in [0.717, 1.165) is 29.5 Å². The summed E-state index contributed by atoms with van der Waals surface area (Å²) in [5, 5.41) is 8.71. The average Bonchev–Trinajstić information content (AvgIpc) is 3.19. The molecule has 1 aliphatic carbocycles. The molecule has 0 unspecified atom stereocenters. The van der Waals surface area contributed by atoms with Gasteiger partial charge >= 0.3 is 0 Å². The van der Waals surface area contributed by atoms with Crippen molar-refractivity contribution in [1.82, 2.24) is 3.97 Å². The minimum atomic E-state index is -3.40. The zero-order valence-corrected chi connectivity index (χ0v) is 12.9. The summed E-state index contributed by atoms with van der Waals surface area (Å²) in [5.74, 6) is 0.145. The van der Waals surface area contributed by atoms with Crippen LogP contribution in [0.1, 0.15) is 18.4 Å². The lowest BCUT2D eigenvalue weighted by molar-refractivity contribution is 0.595. The Morgan fingerprint density at radius 3 is 2.50 bits per heavy atom. The van der Waals surface area contributed by atoms with Gasteiger partial charge in [0.25, 0.3) is 0 Å². The number of guanidine groups is 1. The molecule has 1 fully saturated rings. The van der Waals surface area contributed by atoms with Gasteiger partial charge in [-0.2, -0.15) is 5.10 Å². The molecule has 0 saturated heterocycles. The molecule has 1 aromatic carbocycles. The van der Waals surface area contributed by atoms with Crippen LogP contribution in [-0.2, 0) is 10.0 Å². The van der Waals surface area contributed by atoms with Gasteiger partial charge in [0.1, 0.15) is 0 Å². The van der Waals surface area contributed by atoms with E-state index >= 15 is 0 Å². The Balaban J connectivity index is 2.26. The summed E-state index contributed by atoms with van der Waals surface area (Å²) in [6, 6.07) is 7.31. The largest absolute Gasteiger partial charge is 0.369 e. The quantitative estimate of drug-likeness (QED) is 0.493. The predicted octanol–water partition coefficient (Wildman–Crippen LogP) is 0.837. The van der Waals surface area contributed by atoms with Crippen molar-refractivity contribution in [2.45, 2.75) is 12.8 Å².